The first kappa shape index (κ1) is 22.8. The highest BCUT2D eigenvalue weighted by molar-refractivity contribution is 7.15. The first-order chi connectivity index (χ1) is 15.9. The van der Waals surface area contributed by atoms with Crippen LogP contribution in [0.2, 0.25) is 0 Å². The molecule has 1 fully saturated rings. The van der Waals surface area contributed by atoms with Gasteiger partial charge in [0.1, 0.15) is 17.3 Å². The molecule has 1 aliphatic rings. The summed E-state index contributed by atoms with van der Waals surface area (Å²) in [6, 6.07) is 9.76. The number of nitrogens with one attached hydrogen (secondary N) is 2. The molecule has 33 heavy (non-hydrogen) atoms. The number of carbonyl (C=O) groups is 2. The third kappa shape index (κ3) is 5.36. The molecule has 0 aliphatic heterocycles. The highest BCUT2D eigenvalue weighted by Crippen LogP contribution is 2.39. The molecule has 1 saturated carbocycles. The molecule has 1 aliphatic carbocycles. The second-order valence-corrected chi connectivity index (χ2v) is 8.95. The van der Waals surface area contributed by atoms with Gasteiger partial charge < -0.3 is 15.4 Å². The number of esters is 1. The molecule has 1 aromatic heterocycles. The predicted molar refractivity (Wildman–Crippen MR) is 123 cm³/mol. The molecule has 0 saturated heterocycles. The van der Waals surface area contributed by atoms with Gasteiger partial charge in [0.15, 0.2) is 0 Å². The summed E-state index contributed by atoms with van der Waals surface area (Å²) in [5.74, 6) is -1.50. The summed E-state index contributed by atoms with van der Waals surface area (Å²) in [4.78, 5) is 29.4. The summed E-state index contributed by atoms with van der Waals surface area (Å²) in [6.45, 7) is 0. The highest BCUT2D eigenvalue weighted by atomic mass is 32.1. The van der Waals surface area contributed by atoms with Gasteiger partial charge in [0.05, 0.1) is 22.9 Å². The van der Waals surface area contributed by atoms with Gasteiger partial charge in [0.2, 0.25) is 0 Å². The van der Waals surface area contributed by atoms with E-state index in [0.29, 0.717) is 11.6 Å². The van der Waals surface area contributed by atoms with Crippen LogP contribution in [0.4, 0.5) is 25.0 Å². The zero-order valence-electron chi connectivity index (χ0n) is 17.9. The van der Waals surface area contributed by atoms with Crippen molar-refractivity contribution in [3.05, 3.63) is 65.3 Å². The molecule has 2 aromatic carbocycles. The van der Waals surface area contributed by atoms with Crippen molar-refractivity contribution in [2.75, 3.05) is 17.7 Å². The highest BCUT2D eigenvalue weighted by Gasteiger charge is 2.29. The van der Waals surface area contributed by atoms with Gasteiger partial charge >= 0.3 is 12.0 Å². The van der Waals surface area contributed by atoms with E-state index < -0.39 is 23.4 Å². The standard InChI is InChI=1S/C24H23F2N3O3S/c1-32-23(30)16-7-5-15(6-8-16)22-27-13-20(33-22)14-9-11-17(12-10-14)28-24(31)29-21-18(25)3-2-4-19(21)26/h2-4,9-13,15-16H,5-8H2,1H3,(H2,28,29,31). The number of carbonyl (C=O) groups excluding carboxylic acids is 2. The molecule has 0 radical (unpaired) electrons. The molecule has 0 unspecified atom stereocenters. The number of hydrogen-bond acceptors (Lipinski definition) is 5. The number of thiazole rings is 1. The lowest BCUT2D eigenvalue weighted by molar-refractivity contribution is -0.146. The van der Waals surface area contributed by atoms with Gasteiger partial charge in [-0.25, -0.2) is 18.6 Å². The Bertz CT molecular complexity index is 1120. The third-order valence-corrected chi connectivity index (χ3v) is 6.97. The molecule has 3 aromatic rings. The van der Waals surface area contributed by atoms with Crippen molar-refractivity contribution in [1.29, 1.82) is 0 Å². The molecule has 2 N–H and O–H groups in total. The SMILES string of the molecule is COC(=O)C1CCC(c2ncc(-c3ccc(NC(=O)Nc4c(F)cccc4F)cc3)s2)CC1. The minimum absolute atomic E-state index is 0.0159. The van der Waals surface area contributed by atoms with Crippen LogP contribution in [0.15, 0.2) is 48.7 Å². The monoisotopic (exact) mass is 471 g/mol. The largest absolute Gasteiger partial charge is 0.469 e. The lowest BCUT2D eigenvalue weighted by Gasteiger charge is -2.25. The maximum atomic E-state index is 13.7. The number of nitrogens with zero attached hydrogens (tertiary/aromatic N) is 1. The summed E-state index contributed by atoms with van der Waals surface area (Å²) in [7, 11) is 1.43. The van der Waals surface area contributed by atoms with Crippen molar-refractivity contribution in [3.8, 4) is 10.4 Å². The van der Waals surface area contributed by atoms with Gasteiger partial charge in [-0.2, -0.15) is 0 Å². The zero-order chi connectivity index (χ0) is 23.4. The van der Waals surface area contributed by atoms with Gasteiger partial charge in [0.25, 0.3) is 0 Å². The van der Waals surface area contributed by atoms with E-state index in [1.807, 2.05) is 18.3 Å². The summed E-state index contributed by atoms with van der Waals surface area (Å²) < 4.78 is 32.2. The number of urea groups is 1. The third-order valence-electron chi connectivity index (χ3n) is 5.76. The first-order valence-electron chi connectivity index (χ1n) is 10.6. The van der Waals surface area contributed by atoms with Crippen molar-refractivity contribution in [1.82, 2.24) is 4.98 Å². The van der Waals surface area contributed by atoms with Crippen LogP contribution in [-0.4, -0.2) is 24.1 Å². The fourth-order valence-corrected chi connectivity index (χ4v) is 5.06. The van der Waals surface area contributed by atoms with Crippen LogP contribution < -0.4 is 10.6 Å². The fraction of sp³-hybridized carbons (Fsp3) is 0.292. The number of ether oxygens (including phenoxy) is 1. The van der Waals surface area contributed by atoms with Crippen LogP contribution in [0, 0.1) is 17.6 Å². The Morgan fingerprint density at radius 1 is 1.00 bits per heavy atom. The Kier molecular flexibility index (Phi) is 6.98. The lowest BCUT2D eigenvalue weighted by atomic mass is 9.82. The first-order valence-corrected chi connectivity index (χ1v) is 11.4. The molecule has 1 heterocycles. The Morgan fingerprint density at radius 3 is 2.30 bits per heavy atom. The minimum Gasteiger partial charge on any atom is -0.469 e. The minimum atomic E-state index is -0.847. The normalized spacial score (nSPS) is 17.9. The van der Waals surface area contributed by atoms with E-state index in [1.54, 1.807) is 23.5 Å². The van der Waals surface area contributed by atoms with E-state index in [0.717, 1.165) is 53.3 Å². The van der Waals surface area contributed by atoms with Gasteiger partial charge in [-0.05, 0) is 55.5 Å². The van der Waals surface area contributed by atoms with E-state index >= 15 is 0 Å². The van der Waals surface area contributed by atoms with Crippen LogP contribution in [0.1, 0.15) is 36.6 Å². The molecule has 4 rings (SSSR count). The quantitative estimate of drug-likeness (QED) is 0.436. The van der Waals surface area contributed by atoms with Crippen molar-refractivity contribution in [3.63, 3.8) is 0 Å². The van der Waals surface area contributed by atoms with E-state index in [4.69, 9.17) is 4.74 Å². The molecular weight excluding hydrogens is 448 g/mol. The van der Waals surface area contributed by atoms with Crippen molar-refractivity contribution < 1.29 is 23.1 Å². The Hall–Kier alpha value is -3.33. The van der Waals surface area contributed by atoms with Crippen molar-refractivity contribution in [2.45, 2.75) is 31.6 Å². The van der Waals surface area contributed by atoms with Crippen LogP contribution in [-0.2, 0) is 9.53 Å². The number of aromatic nitrogens is 1. The molecule has 0 atom stereocenters. The molecular formula is C24H23F2N3O3S. The molecule has 6 nitrogen and oxygen atoms in total. The number of benzene rings is 2. The summed E-state index contributed by atoms with van der Waals surface area (Å²) >= 11 is 1.62. The number of anilines is 2. The van der Waals surface area contributed by atoms with Crippen LogP contribution >= 0.6 is 11.3 Å². The average Bonchev–Trinajstić information content (AvgIpc) is 3.32. The van der Waals surface area contributed by atoms with Crippen molar-refractivity contribution in [2.24, 2.45) is 5.92 Å². The second kappa shape index (κ2) is 10.1. The predicted octanol–water partition coefficient (Wildman–Crippen LogP) is 6.18. The number of hydrogen-bond donors (Lipinski definition) is 2. The van der Waals surface area contributed by atoms with Crippen LogP contribution in [0.5, 0.6) is 0 Å². The average molecular weight is 472 g/mol. The molecule has 2 amide bonds. The summed E-state index contributed by atoms with van der Waals surface area (Å²) in [5.41, 5.74) is 0.941. The summed E-state index contributed by atoms with van der Waals surface area (Å²) in [6.07, 6.45) is 5.28. The number of methoxy groups -OCH3 is 1. The smallest absolute Gasteiger partial charge is 0.323 e. The van der Waals surface area contributed by atoms with E-state index in [-0.39, 0.29) is 11.9 Å². The lowest BCUT2D eigenvalue weighted by Crippen LogP contribution is -2.22. The van der Waals surface area contributed by atoms with Gasteiger partial charge in [-0.3, -0.25) is 4.79 Å². The topological polar surface area (TPSA) is 80.3 Å². The second-order valence-electron chi connectivity index (χ2n) is 7.89. The van der Waals surface area contributed by atoms with Crippen LogP contribution in [0.3, 0.4) is 0 Å². The van der Waals surface area contributed by atoms with Crippen molar-refractivity contribution >= 4 is 34.7 Å². The van der Waals surface area contributed by atoms with Crippen LogP contribution in [0.25, 0.3) is 10.4 Å². The number of halogens is 2. The fourth-order valence-electron chi connectivity index (χ4n) is 3.96. The van der Waals surface area contributed by atoms with Gasteiger partial charge in [0, 0.05) is 17.8 Å². The molecule has 172 valence electrons. The maximum absolute atomic E-state index is 13.7. The number of para-hydroxylation sites is 1. The van der Waals surface area contributed by atoms with Gasteiger partial charge in [-0.1, -0.05) is 18.2 Å². The molecule has 9 heteroatoms. The zero-order valence-corrected chi connectivity index (χ0v) is 18.8. The van der Waals surface area contributed by atoms with E-state index in [1.165, 1.54) is 13.2 Å². The number of rotatable bonds is 5. The van der Waals surface area contributed by atoms with E-state index in [9.17, 15) is 18.4 Å². The van der Waals surface area contributed by atoms with E-state index in [2.05, 4.69) is 15.6 Å². The summed E-state index contributed by atoms with van der Waals surface area (Å²) in [5, 5.41) is 5.81. The molecule has 0 bridgehead atoms. The molecule has 0 spiro atoms. The van der Waals surface area contributed by atoms with Gasteiger partial charge in [-0.15, -0.1) is 11.3 Å². The Labute approximate surface area is 194 Å². The number of amides is 2. The Morgan fingerprint density at radius 2 is 1.67 bits per heavy atom. The maximum Gasteiger partial charge on any atom is 0.323 e. The Balaban J connectivity index is 1.36.